The van der Waals surface area contributed by atoms with Crippen LogP contribution in [0.1, 0.15) is 44.7 Å². The highest BCUT2D eigenvalue weighted by molar-refractivity contribution is 6.35. The summed E-state index contributed by atoms with van der Waals surface area (Å²) in [6, 6.07) is 4.58. The highest BCUT2D eigenvalue weighted by Crippen LogP contribution is 2.27. The Kier molecular flexibility index (Phi) is 9.62. The molecule has 2 fully saturated rings. The first-order valence-electron chi connectivity index (χ1n) is 11.3. The molecule has 4 atom stereocenters. The van der Waals surface area contributed by atoms with Crippen molar-refractivity contribution in [3.05, 3.63) is 44.7 Å². The van der Waals surface area contributed by atoms with Crippen molar-refractivity contribution in [3.63, 3.8) is 0 Å². The van der Waals surface area contributed by atoms with E-state index in [4.69, 9.17) is 34.8 Å². The van der Waals surface area contributed by atoms with Gasteiger partial charge in [0.2, 0.25) is 11.9 Å². The Bertz CT molecular complexity index is 960. The van der Waals surface area contributed by atoms with Gasteiger partial charge in [-0.05, 0) is 64.1 Å². The van der Waals surface area contributed by atoms with E-state index < -0.39 is 6.10 Å². The number of halogens is 3. The normalized spacial score (nSPS) is 24.9. The minimum Gasteiger partial charge on any atom is -0.389 e. The number of piperidine rings is 1. The summed E-state index contributed by atoms with van der Waals surface area (Å²) >= 11 is 18.7. The highest BCUT2D eigenvalue weighted by Gasteiger charge is 2.32. The first-order valence-corrected chi connectivity index (χ1v) is 12.4. The van der Waals surface area contributed by atoms with E-state index in [-0.39, 0.29) is 30.6 Å². The molecule has 186 valence electrons. The van der Waals surface area contributed by atoms with E-state index in [1.807, 2.05) is 17.9 Å². The second-order valence-corrected chi connectivity index (χ2v) is 9.96. The molecule has 2 aliphatic rings. The van der Waals surface area contributed by atoms with E-state index in [1.54, 1.807) is 19.1 Å². The number of carbonyl (C=O) groups excluding carboxylic acids is 1. The summed E-state index contributed by atoms with van der Waals surface area (Å²) < 4.78 is 0. The average Bonchev–Trinajstić information content (AvgIpc) is 3.33. The number of aliphatic imine (C=N–C) groups is 2. The molecule has 1 aromatic rings. The van der Waals surface area contributed by atoms with Gasteiger partial charge in [-0.2, -0.15) is 4.99 Å². The van der Waals surface area contributed by atoms with Crippen LogP contribution in [0.5, 0.6) is 0 Å². The van der Waals surface area contributed by atoms with Gasteiger partial charge in [0.25, 0.3) is 0 Å². The van der Waals surface area contributed by atoms with Crippen LogP contribution in [-0.2, 0) is 4.79 Å². The summed E-state index contributed by atoms with van der Waals surface area (Å²) in [6.07, 6.45) is 1.58. The Morgan fingerprint density at radius 2 is 2.12 bits per heavy atom. The fraction of sp³-hybridized carbons (Fsp3) is 0.522. The topological polar surface area (TPSA) is 101 Å². The van der Waals surface area contributed by atoms with Gasteiger partial charge in [0.05, 0.1) is 29.3 Å². The predicted molar refractivity (Wildman–Crippen MR) is 139 cm³/mol. The minimum atomic E-state index is -0.768. The SMILES string of the molecule is C=N/C(=N\C(N[C@H](C)c1ccc(Cl)cc1Cl)=C(/C)Cl)N1CC[C@H](NC(=O)[C@H]2CCCN2)[C@@H](O)C1. The zero-order valence-electron chi connectivity index (χ0n) is 19.3. The number of nitrogens with zero attached hydrogens (tertiary/aromatic N) is 3. The third kappa shape index (κ3) is 6.86. The first kappa shape index (κ1) is 26.8. The summed E-state index contributed by atoms with van der Waals surface area (Å²) in [5.74, 6) is 0.686. The summed E-state index contributed by atoms with van der Waals surface area (Å²) in [6.45, 7) is 8.95. The van der Waals surface area contributed by atoms with Gasteiger partial charge in [-0.3, -0.25) is 4.79 Å². The maximum atomic E-state index is 12.4. The fourth-order valence-electron chi connectivity index (χ4n) is 4.12. The van der Waals surface area contributed by atoms with Crippen molar-refractivity contribution in [2.45, 2.75) is 57.3 Å². The van der Waals surface area contributed by atoms with E-state index in [2.05, 4.69) is 32.7 Å². The third-order valence-electron chi connectivity index (χ3n) is 6.03. The molecule has 8 nitrogen and oxygen atoms in total. The second-order valence-electron chi connectivity index (χ2n) is 8.55. The molecular formula is C23H31Cl3N6O2. The number of nitrogens with one attached hydrogen (secondary N) is 3. The van der Waals surface area contributed by atoms with E-state index in [0.717, 1.165) is 24.9 Å². The number of hydrogen-bond donors (Lipinski definition) is 4. The number of rotatable bonds is 6. The van der Waals surface area contributed by atoms with Crippen molar-refractivity contribution < 1.29 is 9.90 Å². The molecule has 4 N–H and O–H groups in total. The predicted octanol–water partition coefficient (Wildman–Crippen LogP) is 3.43. The molecular weight excluding hydrogens is 499 g/mol. The summed E-state index contributed by atoms with van der Waals surface area (Å²) in [5.41, 5.74) is 0.841. The molecule has 1 amide bonds. The van der Waals surface area contributed by atoms with Crippen LogP contribution < -0.4 is 16.0 Å². The summed E-state index contributed by atoms with van der Waals surface area (Å²) in [4.78, 5) is 22.9. The van der Waals surface area contributed by atoms with E-state index in [9.17, 15) is 9.90 Å². The largest absolute Gasteiger partial charge is 0.389 e. The van der Waals surface area contributed by atoms with Crippen molar-refractivity contribution in [2.24, 2.45) is 9.98 Å². The van der Waals surface area contributed by atoms with Gasteiger partial charge < -0.3 is 26.0 Å². The maximum absolute atomic E-state index is 12.4. The number of allylic oxidation sites excluding steroid dienone is 1. The van der Waals surface area contributed by atoms with Gasteiger partial charge in [-0.15, -0.1) is 0 Å². The Balaban J connectivity index is 1.67. The maximum Gasteiger partial charge on any atom is 0.237 e. The van der Waals surface area contributed by atoms with E-state index >= 15 is 0 Å². The zero-order valence-corrected chi connectivity index (χ0v) is 21.6. The molecule has 0 bridgehead atoms. The van der Waals surface area contributed by atoms with E-state index in [1.165, 1.54) is 0 Å². The lowest BCUT2D eigenvalue weighted by Gasteiger charge is -2.37. The van der Waals surface area contributed by atoms with Crippen LogP contribution in [0.15, 0.2) is 39.0 Å². The number of amides is 1. The molecule has 2 aliphatic heterocycles. The van der Waals surface area contributed by atoms with Crippen LogP contribution in [0, 0.1) is 0 Å². The fourth-order valence-corrected chi connectivity index (χ4v) is 4.79. The lowest BCUT2D eigenvalue weighted by molar-refractivity contribution is -0.124. The molecule has 0 aliphatic carbocycles. The number of benzene rings is 1. The molecule has 11 heteroatoms. The number of aliphatic hydroxyl groups excluding tert-OH is 1. The van der Waals surface area contributed by atoms with Crippen molar-refractivity contribution in [2.75, 3.05) is 19.6 Å². The monoisotopic (exact) mass is 528 g/mol. The highest BCUT2D eigenvalue weighted by atomic mass is 35.5. The van der Waals surface area contributed by atoms with Crippen molar-refractivity contribution >= 4 is 53.4 Å². The molecule has 34 heavy (non-hydrogen) atoms. The Morgan fingerprint density at radius 1 is 1.35 bits per heavy atom. The first-order chi connectivity index (χ1) is 16.2. The van der Waals surface area contributed by atoms with Crippen LogP contribution in [0.25, 0.3) is 0 Å². The Hall–Kier alpha value is -1.84. The van der Waals surface area contributed by atoms with E-state index in [0.29, 0.717) is 39.8 Å². The van der Waals surface area contributed by atoms with Gasteiger partial charge in [-0.1, -0.05) is 40.9 Å². The van der Waals surface area contributed by atoms with Crippen molar-refractivity contribution in [1.82, 2.24) is 20.9 Å². The number of carbonyl (C=O) groups is 1. The van der Waals surface area contributed by atoms with Crippen LogP contribution in [-0.4, -0.2) is 66.4 Å². The standard InChI is InChI=1S/C23H31Cl3N6O2/c1-13(24)21(29-14(2)16-7-6-15(25)11-17(16)26)31-23(27-3)32-10-8-18(20(33)12-32)30-22(34)19-5-4-9-28-19/h6-7,11,14,18-20,28-29,33H,3-5,8-10,12H2,1-2H3,(H,30,34)/b21-13+,31-23+/t14-,18+,19-,20+/m1/s1. The van der Waals surface area contributed by atoms with Gasteiger partial charge >= 0.3 is 0 Å². The van der Waals surface area contributed by atoms with Gasteiger partial charge in [-0.25, -0.2) is 4.99 Å². The number of likely N-dealkylation sites (tertiary alicyclic amines) is 1. The average molecular weight is 530 g/mol. The molecule has 0 spiro atoms. The Morgan fingerprint density at radius 3 is 2.71 bits per heavy atom. The molecule has 0 saturated carbocycles. The smallest absolute Gasteiger partial charge is 0.237 e. The molecule has 0 aromatic heterocycles. The number of β-amino-alcohol motifs (C(OH)–C–C–N with tert-alkyl or cyclic N) is 1. The minimum absolute atomic E-state index is 0.0623. The quantitative estimate of drug-likeness (QED) is 0.334. The lowest BCUT2D eigenvalue weighted by Crippen LogP contribution is -2.57. The van der Waals surface area contributed by atoms with Gasteiger partial charge in [0, 0.05) is 23.1 Å². The molecule has 0 radical (unpaired) electrons. The number of aliphatic hydroxyl groups is 1. The molecule has 3 rings (SSSR count). The lowest BCUT2D eigenvalue weighted by atomic mass is 10.0. The zero-order chi connectivity index (χ0) is 24.8. The molecule has 2 heterocycles. The second kappa shape index (κ2) is 12.2. The summed E-state index contributed by atoms with van der Waals surface area (Å²) in [5, 5.41) is 21.6. The molecule has 1 aromatic carbocycles. The van der Waals surface area contributed by atoms with Gasteiger partial charge in [0.15, 0.2) is 0 Å². The van der Waals surface area contributed by atoms with Gasteiger partial charge in [0.1, 0.15) is 5.82 Å². The summed E-state index contributed by atoms with van der Waals surface area (Å²) in [7, 11) is 0. The van der Waals surface area contributed by atoms with Crippen LogP contribution >= 0.6 is 34.8 Å². The van der Waals surface area contributed by atoms with Crippen molar-refractivity contribution in [3.8, 4) is 0 Å². The molecule has 2 saturated heterocycles. The van der Waals surface area contributed by atoms with Crippen molar-refractivity contribution in [1.29, 1.82) is 0 Å². The Labute approximate surface area is 215 Å². The number of hydrogen-bond acceptors (Lipinski definition) is 5. The third-order valence-corrected chi connectivity index (χ3v) is 6.77. The number of guanidine groups is 1. The van der Waals surface area contributed by atoms with Crippen LogP contribution in [0.2, 0.25) is 10.0 Å². The molecule has 0 unspecified atom stereocenters. The van der Waals surface area contributed by atoms with Crippen LogP contribution in [0.4, 0.5) is 0 Å². The van der Waals surface area contributed by atoms with Crippen LogP contribution in [0.3, 0.4) is 0 Å².